The number of amides is 2. The third kappa shape index (κ3) is 6.05. The predicted octanol–water partition coefficient (Wildman–Crippen LogP) is 5.77. The first-order chi connectivity index (χ1) is 13.9. The molecule has 0 saturated carbocycles. The average Bonchev–Trinajstić information content (AvgIpc) is 3.09. The molecule has 152 valence electrons. The molecule has 3 rings (SSSR count). The van der Waals surface area contributed by atoms with Crippen LogP contribution in [0.1, 0.15) is 37.3 Å². The standard InChI is InChI=1S/C22H25N3O2S2/c1-4-5-6-20(26)23-16-8-10-18-19(12-16)29-22(25-18)28-13-21(27)24-17-9-7-14(2)11-15(17)3/h7-12H,4-6,13H2,1-3H3,(H,23,26)(H,24,27). The van der Waals surface area contributed by atoms with Crippen LogP contribution in [-0.4, -0.2) is 22.6 Å². The van der Waals surface area contributed by atoms with E-state index in [2.05, 4.69) is 28.6 Å². The van der Waals surface area contributed by atoms with Gasteiger partial charge in [-0.1, -0.05) is 42.8 Å². The Kier molecular flexibility index (Phi) is 7.28. The van der Waals surface area contributed by atoms with Gasteiger partial charge in [0.1, 0.15) is 0 Å². The predicted molar refractivity (Wildman–Crippen MR) is 123 cm³/mol. The Balaban J connectivity index is 1.58. The SMILES string of the molecule is CCCCC(=O)Nc1ccc2nc(SCC(=O)Nc3ccc(C)cc3C)sc2c1. The lowest BCUT2D eigenvalue weighted by molar-refractivity contribution is -0.116. The molecule has 0 aliphatic carbocycles. The molecule has 0 atom stereocenters. The van der Waals surface area contributed by atoms with Gasteiger partial charge < -0.3 is 10.6 Å². The first-order valence-electron chi connectivity index (χ1n) is 9.65. The smallest absolute Gasteiger partial charge is 0.234 e. The number of rotatable bonds is 8. The van der Waals surface area contributed by atoms with Crippen LogP contribution in [0.3, 0.4) is 0 Å². The number of unbranched alkanes of at least 4 members (excludes halogenated alkanes) is 1. The molecule has 0 fully saturated rings. The van der Waals surface area contributed by atoms with Crippen molar-refractivity contribution in [2.75, 3.05) is 16.4 Å². The van der Waals surface area contributed by atoms with Crippen LogP contribution in [0.2, 0.25) is 0 Å². The van der Waals surface area contributed by atoms with Gasteiger partial charge in [0.2, 0.25) is 11.8 Å². The Morgan fingerprint density at radius 2 is 1.90 bits per heavy atom. The molecule has 2 amide bonds. The molecule has 0 aliphatic rings. The molecule has 3 aromatic rings. The summed E-state index contributed by atoms with van der Waals surface area (Å²) in [5, 5.41) is 5.89. The minimum Gasteiger partial charge on any atom is -0.326 e. The number of aromatic nitrogens is 1. The second kappa shape index (κ2) is 9.89. The van der Waals surface area contributed by atoms with Crippen LogP contribution in [0.25, 0.3) is 10.2 Å². The molecule has 0 bridgehead atoms. The number of fused-ring (bicyclic) bond motifs is 1. The highest BCUT2D eigenvalue weighted by Crippen LogP contribution is 2.31. The molecule has 1 heterocycles. The van der Waals surface area contributed by atoms with Crippen molar-refractivity contribution in [3.8, 4) is 0 Å². The zero-order valence-corrected chi connectivity index (χ0v) is 18.5. The number of thioether (sulfide) groups is 1. The Labute approximate surface area is 179 Å². The minimum absolute atomic E-state index is 0.0355. The molecule has 0 aliphatic heterocycles. The van der Waals surface area contributed by atoms with Crippen LogP contribution >= 0.6 is 23.1 Å². The summed E-state index contributed by atoms with van der Waals surface area (Å²) in [5.41, 5.74) is 4.72. The fourth-order valence-corrected chi connectivity index (χ4v) is 4.78. The molecule has 7 heteroatoms. The average molecular weight is 428 g/mol. The highest BCUT2D eigenvalue weighted by Gasteiger charge is 2.10. The number of thiazole rings is 1. The van der Waals surface area contributed by atoms with E-state index in [9.17, 15) is 9.59 Å². The van der Waals surface area contributed by atoms with Crippen LogP contribution in [-0.2, 0) is 9.59 Å². The summed E-state index contributed by atoms with van der Waals surface area (Å²) in [7, 11) is 0. The molecule has 29 heavy (non-hydrogen) atoms. The van der Waals surface area contributed by atoms with Gasteiger partial charge in [0.25, 0.3) is 0 Å². The molecule has 1 aromatic heterocycles. The van der Waals surface area contributed by atoms with E-state index in [1.165, 1.54) is 28.7 Å². The number of nitrogens with zero attached hydrogens (tertiary/aromatic N) is 1. The maximum Gasteiger partial charge on any atom is 0.234 e. The number of nitrogens with one attached hydrogen (secondary N) is 2. The maximum atomic E-state index is 12.3. The number of aryl methyl sites for hydroxylation is 2. The summed E-state index contributed by atoms with van der Waals surface area (Å²) >= 11 is 2.95. The van der Waals surface area contributed by atoms with E-state index in [-0.39, 0.29) is 11.8 Å². The summed E-state index contributed by atoms with van der Waals surface area (Å²) in [4.78, 5) is 28.8. The molecule has 2 aromatic carbocycles. The van der Waals surface area contributed by atoms with Crippen LogP contribution < -0.4 is 10.6 Å². The Morgan fingerprint density at radius 3 is 2.66 bits per heavy atom. The molecule has 0 unspecified atom stereocenters. The first kappa shape index (κ1) is 21.3. The second-order valence-corrected chi connectivity index (χ2v) is 9.22. The van der Waals surface area contributed by atoms with E-state index in [0.717, 1.165) is 44.3 Å². The van der Waals surface area contributed by atoms with Gasteiger partial charge in [0, 0.05) is 17.8 Å². The van der Waals surface area contributed by atoms with Gasteiger partial charge in [-0.15, -0.1) is 11.3 Å². The largest absolute Gasteiger partial charge is 0.326 e. The van der Waals surface area contributed by atoms with Gasteiger partial charge in [-0.2, -0.15) is 0 Å². The molecule has 0 spiro atoms. The van der Waals surface area contributed by atoms with E-state index in [1.807, 2.05) is 44.2 Å². The molecule has 5 nitrogen and oxygen atoms in total. The van der Waals surface area contributed by atoms with Crippen molar-refractivity contribution in [1.82, 2.24) is 4.98 Å². The van der Waals surface area contributed by atoms with Crippen molar-refractivity contribution in [2.24, 2.45) is 0 Å². The maximum absolute atomic E-state index is 12.3. The highest BCUT2D eigenvalue weighted by molar-refractivity contribution is 8.01. The zero-order chi connectivity index (χ0) is 20.8. The van der Waals surface area contributed by atoms with E-state index >= 15 is 0 Å². The van der Waals surface area contributed by atoms with Crippen molar-refractivity contribution in [2.45, 2.75) is 44.4 Å². The van der Waals surface area contributed by atoms with E-state index in [0.29, 0.717) is 12.2 Å². The van der Waals surface area contributed by atoms with Gasteiger partial charge >= 0.3 is 0 Å². The van der Waals surface area contributed by atoms with Crippen LogP contribution in [0.5, 0.6) is 0 Å². The number of hydrogen-bond acceptors (Lipinski definition) is 5. The van der Waals surface area contributed by atoms with Crippen LogP contribution in [0, 0.1) is 13.8 Å². The van der Waals surface area contributed by atoms with Gasteiger partial charge in [-0.3, -0.25) is 9.59 Å². The Hall–Kier alpha value is -2.38. The molecule has 0 saturated heterocycles. The van der Waals surface area contributed by atoms with Crippen molar-refractivity contribution in [3.05, 3.63) is 47.5 Å². The molecular weight excluding hydrogens is 402 g/mol. The van der Waals surface area contributed by atoms with Gasteiger partial charge in [-0.25, -0.2) is 4.98 Å². The quantitative estimate of drug-likeness (QED) is 0.448. The summed E-state index contributed by atoms with van der Waals surface area (Å²) in [6.07, 6.45) is 2.42. The van der Waals surface area contributed by atoms with Crippen molar-refractivity contribution < 1.29 is 9.59 Å². The summed E-state index contributed by atoms with van der Waals surface area (Å²) in [6, 6.07) is 11.7. The molecule has 0 radical (unpaired) electrons. The van der Waals surface area contributed by atoms with E-state index < -0.39 is 0 Å². The summed E-state index contributed by atoms with van der Waals surface area (Å²) < 4.78 is 1.83. The normalized spacial score (nSPS) is 10.9. The van der Waals surface area contributed by atoms with Crippen LogP contribution in [0.4, 0.5) is 11.4 Å². The Morgan fingerprint density at radius 1 is 1.07 bits per heavy atom. The summed E-state index contributed by atoms with van der Waals surface area (Å²) in [6.45, 7) is 6.09. The van der Waals surface area contributed by atoms with Gasteiger partial charge in [0.15, 0.2) is 4.34 Å². The first-order valence-corrected chi connectivity index (χ1v) is 11.4. The number of carbonyl (C=O) groups excluding carboxylic acids is 2. The van der Waals surface area contributed by atoms with Crippen LogP contribution in [0.15, 0.2) is 40.7 Å². The zero-order valence-electron chi connectivity index (χ0n) is 16.9. The lowest BCUT2D eigenvalue weighted by atomic mass is 10.1. The molecule has 2 N–H and O–H groups in total. The van der Waals surface area contributed by atoms with Gasteiger partial charge in [-0.05, 0) is 50.1 Å². The number of hydrogen-bond donors (Lipinski definition) is 2. The lowest BCUT2D eigenvalue weighted by Gasteiger charge is -2.08. The van der Waals surface area contributed by atoms with E-state index in [1.54, 1.807) is 0 Å². The van der Waals surface area contributed by atoms with Crippen molar-refractivity contribution in [3.63, 3.8) is 0 Å². The third-order valence-electron chi connectivity index (χ3n) is 4.39. The number of anilines is 2. The monoisotopic (exact) mass is 427 g/mol. The fraction of sp³-hybridized carbons (Fsp3) is 0.318. The molecular formula is C22H25N3O2S2. The summed E-state index contributed by atoms with van der Waals surface area (Å²) in [5.74, 6) is 0.284. The Bertz CT molecular complexity index is 1030. The van der Waals surface area contributed by atoms with Gasteiger partial charge in [0.05, 0.1) is 16.0 Å². The fourth-order valence-electron chi connectivity index (χ4n) is 2.87. The minimum atomic E-state index is -0.0508. The lowest BCUT2D eigenvalue weighted by Crippen LogP contribution is -2.14. The van der Waals surface area contributed by atoms with Crippen molar-refractivity contribution >= 4 is 56.5 Å². The number of benzene rings is 2. The second-order valence-electron chi connectivity index (χ2n) is 6.97. The topological polar surface area (TPSA) is 71.1 Å². The number of carbonyl (C=O) groups is 2. The van der Waals surface area contributed by atoms with Crippen molar-refractivity contribution in [1.29, 1.82) is 0 Å². The van der Waals surface area contributed by atoms with E-state index in [4.69, 9.17) is 0 Å². The highest BCUT2D eigenvalue weighted by atomic mass is 32.2. The third-order valence-corrected chi connectivity index (χ3v) is 6.55.